The Balaban J connectivity index is 1.44. The number of nitrogens with zero attached hydrogens (tertiary/aromatic N) is 3. The van der Waals surface area contributed by atoms with Gasteiger partial charge >= 0.3 is 5.97 Å². The molecule has 3 aliphatic rings. The lowest BCUT2D eigenvalue weighted by molar-refractivity contribution is -0.149. The molecule has 7 nitrogen and oxygen atoms in total. The van der Waals surface area contributed by atoms with Gasteiger partial charge in [-0.2, -0.15) is 0 Å². The maximum atomic E-state index is 14.2. The summed E-state index contributed by atoms with van der Waals surface area (Å²) >= 11 is 1.41. The Labute approximate surface area is 210 Å². The van der Waals surface area contributed by atoms with Crippen molar-refractivity contribution in [3.8, 4) is 0 Å². The highest BCUT2D eigenvalue weighted by molar-refractivity contribution is 8.02. The van der Waals surface area contributed by atoms with E-state index in [1.807, 2.05) is 68.1 Å². The Morgan fingerprint density at radius 1 is 1.09 bits per heavy atom. The SMILES string of the molecule is CCOC(=O)C1CCN(CN2C(=O)C3(SCC(=O)N3c3ccc(C)c(C)c3)c3ccccc32)CC1. The number of likely N-dealkylation sites (tertiary alicyclic amines) is 1. The molecule has 2 saturated heterocycles. The molecule has 184 valence electrons. The van der Waals surface area contributed by atoms with E-state index in [-0.39, 0.29) is 29.5 Å². The van der Waals surface area contributed by atoms with Crippen molar-refractivity contribution in [3.05, 3.63) is 59.2 Å². The number of amides is 2. The first kappa shape index (κ1) is 23.9. The monoisotopic (exact) mass is 493 g/mol. The van der Waals surface area contributed by atoms with Crippen molar-refractivity contribution < 1.29 is 19.1 Å². The van der Waals surface area contributed by atoms with Crippen LogP contribution in [0.5, 0.6) is 0 Å². The minimum atomic E-state index is -1.10. The van der Waals surface area contributed by atoms with Crippen LogP contribution >= 0.6 is 11.8 Å². The molecule has 0 radical (unpaired) electrons. The van der Waals surface area contributed by atoms with Crippen LogP contribution in [-0.2, 0) is 24.0 Å². The fraction of sp³-hybridized carbons (Fsp3) is 0.444. The highest BCUT2D eigenvalue weighted by Gasteiger charge is 2.61. The van der Waals surface area contributed by atoms with Crippen molar-refractivity contribution in [1.82, 2.24) is 4.90 Å². The third-order valence-electron chi connectivity index (χ3n) is 7.36. The summed E-state index contributed by atoms with van der Waals surface area (Å²) in [5, 5.41) is 0. The van der Waals surface area contributed by atoms with Gasteiger partial charge in [0.25, 0.3) is 5.91 Å². The molecule has 3 aliphatic heterocycles. The summed E-state index contributed by atoms with van der Waals surface area (Å²) in [7, 11) is 0. The highest BCUT2D eigenvalue weighted by atomic mass is 32.2. The predicted molar refractivity (Wildman–Crippen MR) is 137 cm³/mol. The molecule has 0 N–H and O–H groups in total. The number of benzene rings is 2. The van der Waals surface area contributed by atoms with Gasteiger partial charge < -0.3 is 4.74 Å². The first-order chi connectivity index (χ1) is 16.9. The van der Waals surface area contributed by atoms with E-state index in [1.165, 1.54) is 11.8 Å². The summed E-state index contributed by atoms with van der Waals surface area (Å²) < 4.78 is 5.19. The van der Waals surface area contributed by atoms with Crippen LogP contribution in [0.1, 0.15) is 36.5 Å². The molecular weight excluding hydrogens is 462 g/mol. The van der Waals surface area contributed by atoms with Crippen molar-refractivity contribution in [3.63, 3.8) is 0 Å². The number of aryl methyl sites for hydroxylation is 2. The van der Waals surface area contributed by atoms with Gasteiger partial charge in [0, 0.05) is 24.3 Å². The smallest absolute Gasteiger partial charge is 0.309 e. The second kappa shape index (κ2) is 9.32. The molecule has 1 unspecified atom stereocenters. The van der Waals surface area contributed by atoms with Crippen LogP contribution in [-0.4, -0.2) is 54.8 Å². The molecule has 0 bridgehead atoms. The number of rotatable bonds is 5. The van der Waals surface area contributed by atoms with E-state index >= 15 is 0 Å². The minimum Gasteiger partial charge on any atom is -0.466 e. The van der Waals surface area contributed by atoms with Crippen LogP contribution in [0.3, 0.4) is 0 Å². The van der Waals surface area contributed by atoms with E-state index in [9.17, 15) is 14.4 Å². The Bertz CT molecular complexity index is 1180. The number of ether oxygens (including phenoxy) is 1. The van der Waals surface area contributed by atoms with E-state index < -0.39 is 4.87 Å². The zero-order valence-electron chi connectivity index (χ0n) is 20.5. The summed E-state index contributed by atoms with van der Waals surface area (Å²) in [4.78, 5) is 44.2. The molecule has 2 fully saturated rings. The normalized spacial score (nSPS) is 22.8. The summed E-state index contributed by atoms with van der Waals surface area (Å²) in [5.41, 5.74) is 4.69. The van der Waals surface area contributed by atoms with E-state index in [2.05, 4.69) is 4.90 Å². The van der Waals surface area contributed by atoms with Gasteiger partial charge in [-0.05, 0) is 62.9 Å². The molecule has 8 heteroatoms. The number of thioether (sulfide) groups is 1. The second-order valence-corrected chi connectivity index (χ2v) is 10.6. The Hall–Kier alpha value is -2.84. The van der Waals surface area contributed by atoms with Crippen LogP contribution in [0.25, 0.3) is 0 Å². The fourth-order valence-electron chi connectivity index (χ4n) is 5.33. The Morgan fingerprint density at radius 3 is 2.54 bits per heavy atom. The third-order valence-corrected chi connectivity index (χ3v) is 8.75. The van der Waals surface area contributed by atoms with Crippen LogP contribution in [0.4, 0.5) is 11.4 Å². The molecule has 2 aromatic rings. The van der Waals surface area contributed by atoms with Gasteiger partial charge in [0.15, 0.2) is 0 Å². The van der Waals surface area contributed by atoms with Crippen LogP contribution < -0.4 is 9.80 Å². The number of esters is 1. The quantitative estimate of drug-likeness (QED) is 0.590. The first-order valence-electron chi connectivity index (χ1n) is 12.2. The minimum absolute atomic E-state index is 0.0569. The fourth-order valence-corrected chi connectivity index (χ4v) is 6.69. The van der Waals surface area contributed by atoms with E-state index in [0.717, 1.165) is 54.0 Å². The van der Waals surface area contributed by atoms with E-state index in [1.54, 1.807) is 4.90 Å². The van der Waals surface area contributed by atoms with Crippen LogP contribution in [0, 0.1) is 19.8 Å². The van der Waals surface area contributed by atoms with Gasteiger partial charge in [0.2, 0.25) is 10.8 Å². The average Bonchev–Trinajstić information content (AvgIpc) is 3.32. The third kappa shape index (κ3) is 3.93. The average molecular weight is 494 g/mol. The van der Waals surface area contributed by atoms with Crippen molar-refractivity contribution in [2.45, 2.75) is 38.5 Å². The summed E-state index contributed by atoms with van der Waals surface area (Å²) in [6.45, 7) is 8.15. The molecule has 2 amide bonds. The number of hydrogen-bond donors (Lipinski definition) is 0. The van der Waals surface area contributed by atoms with Crippen LogP contribution in [0.15, 0.2) is 42.5 Å². The number of para-hydroxylation sites is 1. The van der Waals surface area contributed by atoms with Crippen LogP contribution in [0.2, 0.25) is 0 Å². The predicted octanol–water partition coefficient (Wildman–Crippen LogP) is 3.82. The van der Waals surface area contributed by atoms with E-state index in [0.29, 0.717) is 13.3 Å². The molecule has 3 heterocycles. The largest absolute Gasteiger partial charge is 0.466 e. The molecule has 2 aromatic carbocycles. The van der Waals surface area contributed by atoms with Gasteiger partial charge in [0.05, 0.1) is 30.6 Å². The van der Waals surface area contributed by atoms with E-state index in [4.69, 9.17) is 4.74 Å². The maximum absolute atomic E-state index is 14.2. The Kier molecular flexibility index (Phi) is 6.36. The second-order valence-electron chi connectivity index (χ2n) is 9.47. The lowest BCUT2D eigenvalue weighted by Gasteiger charge is -2.36. The molecule has 0 aromatic heterocycles. The van der Waals surface area contributed by atoms with Gasteiger partial charge in [-0.3, -0.25) is 29.1 Å². The number of fused-ring (bicyclic) bond motifs is 2. The number of hydrogen-bond acceptors (Lipinski definition) is 6. The molecule has 0 saturated carbocycles. The summed E-state index contributed by atoms with van der Waals surface area (Å²) in [6.07, 6.45) is 1.44. The molecular formula is C27H31N3O4S. The molecule has 35 heavy (non-hydrogen) atoms. The number of carbonyl (C=O) groups excluding carboxylic acids is 3. The van der Waals surface area contributed by atoms with Gasteiger partial charge in [-0.25, -0.2) is 0 Å². The molecule has 1 spiro atoms. The van der Waals surface area contributed by atoms with Gasteiger partial charge in [-0.1, -0.05) is 24.3 Å². The maximum Gasteiger partial charge on any atom is 0.309 e. The van der Waals surface area contributed by atoms with Crippen molar-refractivity contribution >= 4 is 40.9 Å². The van der Waals surface area contributed by atoms with Crippen molar-refractivity contribution in [1.29, 1.82) is 0 Å². The zero-order chi connectivity index (χ0) is 24.7. The summed E-state index contributed by atoms with van der Waals surface area (Å²) in [5.74, 6) is -0.0917. The van der Waals surface area contributed by atoms with Crippen molar-refractivity contribution in [2.24, 2.45) is 5.92 Å². The van der Waals surface area contributed by atoms with Crippen molar-refractivity contribution in [2.75, 3.05) is 41.9 Å². The molecule has 5 rings (SSSR count). The number of piperidine rings is 1. The van der Waals surface area contributed by atoms with Gasteiger partial charge in [-0.15, -0.1) is 11.8 Å². The first-order valence-corrected chi connectivity index (χ1v) is 13.2. The number of anilines is 2. The lowest BCUT2D eigenvalue weighted by atomic mass is 9.97. The van der Waals surface area contributed by atoms with Gasteiger partial charge in [0.1, 0.15) is 0 Å². The molecule has 1 atom stereocenters. The zero-order valence-corrected chi connectivity index (χ0v) is 21.3. The lowest BCUT2D eigenvalue weighted by Crippen LogP contribution is -2.52. The topological polar surface area (TPSA) is 70.2 Å². The number of carbonyl (C=O) groups is 3. The summed E-state index contributed by atoms with van der Waals surface area (Å²) in [6, 6.07) is 13.8. The highest BCUT2D eigenvalue weighted by Crippen LogP contribution is 2.55. The Morgan fingerprint density at radius 2 is 1.83 bits per heavy atom. The standard InChI is InChI=1S/C27H31N3O4S/c1-4-34-25(32)20-11-13-28(14-12-20)17-29-23-8-6-5-7-22(23)27(26(29)33)30(24(31)16-35-27)21-10-9-18(2)19(3)15-21/h5-10,15,20H,4,11-14,16-17H2,1-3H3. The molecule has 0 aliphatic carbocycles.